The van der Waals surface area contributed by atoms with E-state index >= 15 is 0 Å². The normalized spacial score (nSPS) is 11.3. The molecular formula is C18H13Cl2NO2. The van der Waals surface area contributed by atoms with Crippen molar-refractivity contribution in [3.63, 3.8) is 0 Å². The highest BCUT2D eigenvalue weighted by Gasteiger charge is 2.06. The van der Waals surface area contributed by atoms with Gasteiger partial charge >= 0.3 is 0 Å². The second kappa shape index (κ2) is 6.49. The molecule has 0 radical (unpaired) electrons. The Labute approximate surface area is 143 Å². The molecule has 0 aliphatic heterocycles. The lowest BCUT2D eigenvalue weighted by Crippen LogP contribution is -1.77. The predicted molar refractivity (Wildman–Crippen MR) is 94.3 cm³/mol. The zero-order valence-corrected chi connectivity index (χ0v) is 13.8. The molecule has 1 aromatic heterocycles. The number of hydrogen-bond donors (Lipinski definition) is 1. The standard InChI is InChI=1S/C18H13Cl2NO2/c1-11-2-6-16(17(22)8-11)21-10-13-4-7-18(23-13)12-3-5-14(19)15(20)9-12/h2-10,22H,1H3. The van der Waals surface area contributed by atoms with Crippen LogP contribution in [0.5, 0.6) is 5.75 Å². The zero-order chi connectivity index (χ0) is 16.4. The van der Waals surface area contributed by atoms with Gasteiger partial charge in [0.1, 0.15) is 23.0 Å². The fourth-order valence-corrected chi connectivity index (χ4v) is 2.40. The van der Waals surface area contributed by atoms with E-state index in [9.17, 15) is 5.11 Å². The van der Waals surface area contributed by atoms with Gasteiger partial charge in [0.15, 0.2) is 0 Å². The maximum Gasteiger partial charge on any atom is 0.145 e. The summed E-state index contributed by atoms with van der Waals surface area (Å²) in [6, 6.07) is 14.2. The first-order valence-electron chi connectivity index (χ1n) is 6.92. The monoisotopic (exact) mass is 345 g/mol. The molecule has 0 spiro atoms. The van der Waals surface area contributed by atoms with Crippen LogP contribution in [0.2, 0.25) is 10.0 Å². The fraction of sp³-hybridized carbons (Fsp3) is 0.0556. The average Bonchev–Trinajstić information content (AvgIpc) is 2.98. The summed E-state index contributed by atoms with van der Waals surface area (Å²) in [7, 11) is 0. The summed E-state index contributed by atoms with van der Waals surface area (Å²) in [6.07, 6.45) is 1.56. The van der Waals surface area contributed by atoms with Gasteiger partial charge in [0.2, 0.25) is 0 Å². The first-order valence-corrected chi connectivity index (χ1v) is 7.67. The number of benzene rings is 2. The van der Waals surface area contributed by atoms with Crippen molar-refractivity contribution in [1.82, 2.24) is 0 Å². The third-order valence-corrected chi connectivity index (χ3v) is 4.03. The van der Waals surface area contributed by atoms with Crippen molar-refractivity contribution < 1.29 is 9.52 Å². The minimum atomic E-state index is 0.137. The minimum Gasteiger partial charge on any atom is -0.506 e. The van der Waals surface area contributed by atoms with Crippen molar-refractivity contribution in [1.29, 1.82) is 0 Å². The molecule has 3 nitrogen and oxygen atoms in total. The van der Waals surface area contributed by atoms with Gasteiger partial charge in [-0.05, 0) is 55.0 Å². The number of phenols is 1. The largest absolute Gasteiger partial charge is 0.506 e. The van der Waals surface area contributed by atoms with Crippen molar-refractivity contribution in [2.45, 2.75) is 6.92 Å². The van der Waals surface area contributed by atoms with Gasteiger partial charge in [-0.1, -0.05) is 29.3 Å². The second-order valence-corrected chi connectivity index (χ2v) is 5.90. The second-order valence-electron chi connectivity index (χ2n) is 5.08. The Hall–Kier alpha value is -2.23. The van der Waals surface area contributed by atoms with Crippen molar-refractivity contribution >= 4 is 35.1 Å². The molecule has 0 fully saturated rings. The van der Waals surface area contributed by atoms with Crippen molar-refractivity contribution in [3.05, 3.63) is 69.9 Å². The van der Waals surface area contributed by atoms with E-state index in [0.717, 1.165) is 11.1 Å². The topological polar surface area (TPSA) is 45.7 Å². The number of furan rings is 1. The van der Waals surface area contributed by atoms with E-state index in [4.69, 9.17) is 27.6 Å². The maximum absolute atomic E-state index is 9.84. The molecule has 1 heterocycles. The Bertz CT molecular complexity index is 884. The van der Waals surface area contributed by atoms with E-state index in [2.05, 4.69) is 4.99 Å². The molecule has 0 unspecified atom stereocenters. The molecule has 1 N–H and O–H groups in total. The summed E-state index contributed by atoms with van der Waals surface area (Å²) in [5.41, 5.74) is 2.29. The van der Waals surface area contributed by atoms with Crippen LogP contribution in [0.25, 0.3) is 11.3 Å². The summed E-state index contributed by atoms with van der Waals surface area (Å²) < 4.78 is 5.72. The molecule has 116 valence electrons. The van der Waals surface area contributed by atoms with Crippen molar-refractivity contribution in [3.8, 4) is 17.1 Å². The summed E-state index contributed by atoms with van der Waals surface area (Å²) in [6.45, 7) is 1.91. The van der Waals surface area contributed by atoms with Gasteiger partial charge in [-0.3, -0.25) is 0 Å². The van der Waals surface area contributed by atoms with Crippen LogP contribution in [-0.2, 0) is 0 Å². The quantitative estimate of drug-likeness (QED) is 0.590. The van der Waals surface area contributed by atoms with Gasteiger partial charge < -0.3 is 9.52 Å². The van der Waals surface area contributed by atoms with Crippen LogP contribution in [0.1, 0.15) is 11.3 Å². The number of nitrogens with zero attached hydrogens (tertiary/aromatic N) is 1. The third kappa shape index (κ3) is 3.58. The molecule has 0 amide bonds. The van der Waals surface area contributed by atoms with Gasteiger partial charge in [0, 0.05) is 5.56 Å². The van der Waals surface area contributed by atoms with Gasteiger partial charge in [0.05, 0.1) is 16.3 Å². The highest BCUT2D eigenvalue weighted by atomic mass is 35.5. The highest BCUT2D eigenvalue weighted by molar-refractivity contribution is 6.42. The van der Waals surface area contributed by atoms with Crippen LogP contribution < -0.4 is 0 Å². The molecule has 0 aliphatic rings. The van der Waals surface area contributed by atoms with Crippen LogP contribution in [0.3, 0.4) is 0 Å². The van der Waals surface area contributed by atoms with Crippen LogP contribution in [0, 0.1) is 6.92 Å². The molecule has 0 saturated heterocycles. The molecule has 3 rings (SSSR count). The number of rotatable bonds is 3. The molecule has 0 aliphatic carbocycles. The first-order chi connectivity index (χ1) is 11.0. The Morgan fingerprint density at radius 1 is 1.00 bits per heavy atom. The molecule has 23 heavy (non-hydrogen) atoms. The third-order valence-electron chi connectivity index (χ3n) is 3.29. The average molecular weight is 346 g/mol. The van der Waals surface area contributed by atoms with E-state index in [-0.39, 0.29) is 5.75 Å². The van der Waals surface area contributed by atoms with E-state index < -0.39 is 0 Å². The summed E-state index contributed by atoms with van der Waals surface area (Å²) in [5.74, 6) is 1.38. The maximum atomic E-state index is 9.84. The Morgan fingerprint density at radius 2 is 1.83 bits per heavy atom. The molecule has 0 atom stereocenters. The molecule has 0 bridgehead atoms. The lowest BCUT2D eigenvalue weighted by molar-refractivity contribution is 0.476. The van der Waals surface area contributed by atoms with Gasteiger partial charge in [-0.2, -0.15) is 0 Å². The van der Waals surface area contributed by atoms with Gasteiger partial charge in [-0.25, -0.2) is 4.99 Å². The summed E-state index contributed by atoms with van der Waals surface area (Å²) in [4.78, 5) is 4.24. The van der Waals surface area contributed by atoms with E-state index in [0.29, 0.717) is 27.3 Å². The van der Waals surface area contributed by atoms with Crippen LogP contribution >= 0.6 is 23.2 Å². The number of halogens is 2. The SMILES string of the molecule is Cc1ccc(N=Cc2ccc(-c3ccc(Cl)c(Cl)c3)o2)c(O)c1. The number of aryl methyl sites for hydroxylation is 1. The van der Waals surface area contributed by atoms with E-state index in [1.807, 2.05) is 25.1 Å². The molecular weight excluding hydrogens is 333 g/mol. The van der Waals surface area contributed by atoms with Gasteiger partial charge in [0.25, 0.3) is 0 Å². The smallest absolute Gasteiger partial charge is 0.145 e. The van der Waals surface area contributed by atoms with Crippen molar-refractivity contribution in [2.75, 3.05) is 0 Å². The van der Waals surface area contributed by atoms with Crippen molar-refractivity contribution in [2.24, 2.45) is 4.99 Å². The number of phenolic OH excluding ortho intramolecular Hbond substituents is 1. The Morgan fingerprint density at radius 3 is 2.57 bits per heavy atom. The minimum absolute atomic E-state index is 0.137. The van der Waals surface area contributed by atoms with Crippen LogP contribution in [0.15, 0.2) is 57.9 Å². The number of hydrogen-bond acceptors (Lipinski definition) is 3. The molecule has 2 aromatic carbocycles. The lowest BCUT2D eigenvalue weighted by Gasteiger charge is -2.00. The first kappa shape index (κ1) is 15.7. The highest BCUT2D eigenvalue weighted by Crippen LogP contribution is 2.30. The molecule has 5 heteroatoms. The summed E-state index contributed by atoms with van der Waals surface area (Å²) >= 11 is 11.9. The molecule has 3 aromatic rings. The molecule has 0 saturated carbocycles. The van der Waals surface area contributed by atoms with Crippen LogP contribution in [0.4, 0.5) is 5.69 Å². The van der Waals surface area contributed by atoms with Crippen LogP contribution in [-0.4, -0.2) is 11.3 Å². The number of aromatic hydroxyl groups is 1. The number of aliphatic imine (C=N–C) groups is 1. The van der Waals surface area contributed by atoms with E-state index in [1.165, 1.54) is 0 Å². The summed E-state index contributed by atoms with van der Waals surface area (Å²) in [5, 5.41) is 10.8. The lowest BCUT2D eigenvalue weighted by atomic mass is 10.2. The Balaban J connectivity index is 1.84. The van der Waals surface area contributed by atoms with Gasteiger partial charge in [-0.15, -0.1) is 0 Å². The fourth-order valence-electron chi connectivity index (χ4n) is 2.10. The zero-order valence-electron chi connectivity index (χ0n) is 12.3. The predicted octanol–water partition coefficient (Wildman–Crippen LogP) is 6.02. The van der Waals surface area contributed by atoms with E-state index in [1.54, 1.807) is 36.5 Å². The Kier molecular flexibility index (Phi) is 4.42.